The molecular formula is C14H14N2O3S. The topological polar surface area (TPSA) is 79.3 Å². The molecule has 1 aromatic carbocycles. The zero-order valence-corrected chi connectivity index (χ0v) is 12.0. The fourth-order valence-corrected chi connectivity index (χ4v) is 2.46. The number of carboxylic acids is 1. The predicted molar refractivity (Wildman–Crippen MR) is 77.3 cm³/mol. The Labute approximate surface area is 120 Å². The summed E-state index contributed by atoms with van der Waals surface area (Å²) in [5, 5.41) is 13.5. The first-order valence-corrected chi connectivity index (χ1v) is 6.88. The highest BCUT2D eigenvalue weighted by molar-refractivity contribution is 7.09. The molecule has 2 aromatic rings. The van der Waals surface area contributed by atoms with E-state index in [1.54, 1.807) is 0 Å². The van der Waals surface area contributed by atoms with Gasteiger partial charge in [-0.1, -0.05) is 12.1 Å². The van der Waals surface area contributed by atoms with Gasteiger partial charge in [0.1, 0.15) is 5.01 Å². The molecule has 0 saturated heterocycles. The standard InChI is InChI=1S/C14H14N2O3S/c1-8-3-4-9(2)10(5-8)15-12(17)6-13-16-11(7-20-13)14(18)19/h3-5,7H,6H2,1-2H3,(H,15,17)(H,18,19). The van der Waals surface area contributed by atoms with Gasteiger partial charge in [-0.3, -0.25) is 4.79 Å². The average Bonchev–Trinajstić information content (AvgIpc) is 2.82. The quantitative estimate of drug-likeness (QED) is 0.907. The monoisotopic (exact) mass is 290 g/mol. The third-order valence-electron chi connectivity index (χ3n) is 2.75. The van der Waals surface area contributed by atoms with E-state index in [9.17, 15) is 9.59 Å². The maximum atomic E-state index is 11.9. The molecule has 6 heteroatoms. The van der Waals surface area contributed by atoms with Gasteiger partial charge in [-0.05, 0) is 31.0 Å². The van der Waals surface area contributed by atoms with Crippen LogP contribution < -0.4 is 5.32 Å². The second kappa shape index (κ2) is 5.83. The number of carbonyl (C=O) groups excluding carboxylic acids is 1. The Balaban J connectivity index is 2.05. The fraction of sp³-hybridized carbons (Fsp3) is 0.214. The minimum atomic E-state index is -1.08. The van der Waals surface area contributed by atoms with Gasteiger partial charge >= 0.3 is 5.97 Å². The van der Waals surface area contributed by atoms with E-state index in [1.807, 2.05) is 32.0 Å². The lowest BCUT2D eigenvalue weighted by molar-refractivity contribution is -0.115. The normalized spacial score (nSPS) is 10.3. The van der Waals surface area contributed by atoms with Crippen LogP contribution in [0.1, 0.15) is 26.6 Å². The smallest absolute Gasteiger partial charge is 0.355 e. The van der Waals surface area contributed by atoms with E-state index in [4.69, 9.17) is 5.11 Å². The maximum Gasteiger partial charge on any atom is 0.355 e. The van der Waals surface area contributed by atoms with Gasteiger partial charge in [-0.15, -0.1) is 11.3 Å². The number of anilines is 1. The highest BCUT2D eigenvalue weighted by atomic mass is 32.1. The molecule has 0 aliphatic heterocycles. The molecule has 0 atom stereocenters. The number of thiazole rings is 1. The van der Waals surface area contributed by atoms with Crippen molar-refractivity contribution in [3.8, 4) is 0 Å². The van der Waals surface area contributed by atoms with Crippen molar-refractivity contribution in [3.63, 3.8) is 0 Å². The number of carbonyl (C=O) groups is 2. The summed E-state index contributed by atoms with van der Waals surface area (Å²) < 4.78 is 0. The van der Waals surface area contributed by atoms with Crippen LogP contribution in [0.5, 0.6) is 0 Å². The van der Waals surface area contributed by atoms with Gasteiger partial charge < -0.3 is 10.4 Å². The van der Waals surface area contributed by atoms with E-state index < -0.39 is 5.97 Å². The molecule has 0 radical (unpaired) electrons. The second-order valence-electron chi connectivity index (χ2n) is 4.47. The molecule has 104 valence electrons. The first kappa shape index (κ1) is 14.2. The number of carboxylic acid groups (broad SMARTS) is 1. The van der Waals surface area contributed by atoms with Gasteiger partial charge in [0.2, 0.25) is 5.91 Å². The maximum absolute atomic E-state index is 11.9. The van der Waals surface area contributed by atoms with E-state index in [0.717, 1.165) is 16.8 Å². The lowest BCUT2D eigenvalue weighted by Gasteiger charge is -2.08. The zero-order chi connectivity index (χ0) is 14.7. The number of rotatable bonds is 4. The molecule has 1 amide bonds. The summed E-state index contributed by atoms with van der Waals surface area (Å²) in [4.78, 5) is 26.5. The lowest BCUT2D eigenvalue weighted by atomic mass is 10.1. The Morgan fingerprint density at radius 3 is 2.75 bits per heavy atom. The predicted octanol–water partition coefficient (Wildman–Crippen LogP) is 2.64. The van der Waals surface area contributed by atoms with Crippen molar-refractivity contribution in [1.29, 1.82) is 0 Å². The Kier molecular flexibility index (Phi) is 4.14. The molecule has 0 saturated carbocycles. The van der Waals surface area contributed by atoms with Crippen molar-refractivity contribution in [1.82, 2.24) is 4.98 Å². The largest absolute Gasteiger partial charge is 0.476 e. The Morgan fingerprint density at radius 1 is 1.35 bits per heavy atom. The molecule has 0 spiro atoms. The Morgan fingerprint density at radius 2 is 2.10 bits per heavy atom. The van der Waals surface area contributed by atoms with E-state index in [2.05, 4.69) is 10.3 Å². The first-order valence-electron chi connectivity index (χ1n) is 6.00. The summed E-state index contributed by atoms with van der Waals surface area (Å²) in [6.07, 6.45) is 0.0747. The Bertz CT molecular complexity index is 664. The number of aryl methyl sites for hydroxylation is 2. The number of hydrogen-bond acceptors (Lipinski definition) is 4. The van der Waals surface area contributed by atoms with Crippen LogP contribution in [0, 0.1) is 13.8 Å². The molecule has 2 N–H and O–H groups in total. The van der Waals surface area contributed by atoms with Gasteiger partial charge in [0, 0.05) is 11.1 Å². The third-order valence-corrected chi connectivity index (χ3v) is 3.60. The van der Waals surface area contributed by atoms with Crippen molar-refractivity contribution in [2.24, 2.45) is 0 Å². The fourth-order valence-electron chi connectivity index (χ4n) is 1.69. The van der Waals surface area contributed by atoms with Crippen molar-refractivity contribution in [2.75, 3.05) is 5.32 Å². The van der Waals surface area contributed by atoms with Gasteiger partial charge in [0.15, 0.2) is 5.69 Å². The van der Waals surface area contributed by atoms with Crippen molar-refractivity contribution in [3.05, 3.63) is 45.4 Å². The van der Waals surface area contributed by atoms with E-state index in [0.29, 0.717) is 5.01 Å². The summed E-state index contributed by atoms with van der Waals surface area (Å²) in [5.41, 5.74) is 2.79. The zero-order valence-electron chi connectivity index (χ0n) is 11.1. The molecule has 0 aliphatic carbocycles. The SMILES string of the molecule is Cc1ccc(C)c(NC(=O)Cc2nc(C(=O)O)cs2)c1. The van der Waals surface area contributed by atoms with Crippen molar-refractivity contribution in [2.45, 2.75) is 20.3 Å². The average molecular weight is 290 g/mol. The van der Waals surface area contributed by atoms with Crippen LogP contribution >= 0.6 is 11.3 Å². The van der Waals surface area contributed by atoms with Crippen LogP contribution in [0.2, 0.25) is 0 Å². The second-order valence-corrected chi connectivity index (χ2v) is 5.42. The van der Waals surface area contributed by atoms with Crippen LogP contribution in [0.3, 0.4) is 0 Å². The molecule has 0 aliphatic rings. The van der Waals surface area contributed by atoms with Crippen molar-refractivity contribution < 1.29 is 14.7 Å². The highest BCUT2D eigenvalue weighted by Crippen LogP contribution is 2.17. The molecule has 0 bridgehead atoms. The van der Waals surface area contributed by atoms with Gasteiger partial charge in [-0.25, -0.2) is 9.78 Å². The molecular weight excluding hydrogens is 276 g/mol. The lowest BCUT2D eigenvalue weighted by Crippen LogP contribution is -2.15. The molecule has 0 unspecified atom stereocenters. The van der Waals surface area contributed by atoms with E-state index in [-0.39, 0.29) is 18.0 Å². The third kappa shape index (κ3) is 3.42. The summed E-state index contributed by atoms with van der Waals surface area (Å²) in [6, 6.07) is 5.82. The molecule has 1 aromatic heterocycles. The Hall–Kier alpha value is -2.21. The number of aromatic nitrogens is 1. The molecule has 0 fully saturated rings. The van der Waals surface area contributed by atoms with Crippen LogP contribution in [0.15, 0.2) is 23.6 Å². The van der Waals surface area contributed by atoms with Crippen LogP contribution in [-0.4, -0.2) is 22.0 Å². The van der Waals surface area contributed by atoms with Gasteiger partial charge in [-0.2, -0.15) is 0 Å². The van der Waals surface area contributed by atoms with Gasteiger partial charge in [0.05, 0.1) is 6.42 Å². The molecule has 20 heavy (non-hydrogen) atoms. The van der Waals surface area contributed by atoms with E-state index in [1.165, 1.54) is 16.7 Å². The summed E-state index contributed by atoms with van der Waals surface area (Å²) in [5.74, 6) is -1.28. The number of hydrogen-bond donors (Lipinski definition) is 2. The number of nitrogens with one attached hydrogen (secondary N) is 1. The number of nitrogens with zero attached hydrogens (tertiary/aromatic N) is 1. The number of benzene rings is 1. The molecule has 5 nitrogen and oxygen atoms in total. The van der Waals surface area contributed by atoms with Crippen LogP contribution in [0.4, 0.5) is 5.69 Å². The number of amides is 1. The summed E-state index contributed by atoms with van der Waals surface area (Å²) in [6.45, 7) is 3.87. The summed E-state index contributed by atoms with van der Waals surface area (Å²) >= 11 is 1.17. The minimum absolute atomic E-state index is 0.0236. The van der Waals surface area contributed by atoms with Crippen LogP contribution in [-0.2, 0) is 11.2 Å². The van der Waals surface area contributed by atoms with Crippen molar-refractivity contribution >= 4 is 28.9 Å². The van der Waals surface area contributed by atoms with E-state index >= 15 is 0 Å². The number of aromatic carboxylic acids is 1. The molecule has 2 rings (SSSR count). The van der Waals surface area contributed by atoms with Gasteiger partial charge in [0.25, 0.3) is 0 Å². The minimum Gasteiger partial charge on any atom is -0.476 e. The molecule has 1 heterocycles. The first-order chi connectivity index (χ1) is 9.45. The van der Waals surface area contributed by atoms with Crippen LogP contribution in [0.25, 0.3) is 0 Å². The summed E-state index contributed by atoms with van der Waals surface area (Å²) in [7, 11) is 0. The highest BCUT2D eigenvalue weighted by Gasteiger charge is 2.12.